The predicted molar refractivity (Wildman–Crippen MR) is 95.9 cm³/mol. The molecule has 0 saturated carbocycles. The van der Waals surface area contributed by atoms with E-state index < -0.39 is 29.7 Å². The highest BCUT2D eigenvalue weighted by atomic mass is 19.4. The fraction of sp³-hybridized carbons (Fsp3) is 0.556. The lowest BCUT2D eigenvalue weighted by Gasteiger charge is -2.35. The zero-order valence-electron chi connectivity index (χ0n) is 15.6. The molecule has 1 aliphatic heterocycles. The van der Waals surface area contributed by atoms with E-state index in [0.717, 1.165) is 40.9 Å². The molecule has 0 bridgehead atoms. The molecular formula is C18H21F3N4O3. The first-order valence-corrected chi connectivity index (χ1v) is 9.12. The average Bonchev–Trinajstić information content (AvgIpc) is 2.68. The van der Waals surface area contributed by atoms with Crippen LogP contribution in [0.3, 0.4) is 0 Å². The number of nitrogens with zero attached hydrogens (tertiary/aromatic N) is 4. The quantitative estimate of drug-likeness (QED) is 0.791. The molecule has 0 spiro atoms. The Balaban J connectivity index is 2.04. The summed E-state index contributed by atoms with van der Waals surface area (Å²) in [5.41, 5.74) is -3.25. The van der Waals surface area contributed by atoms with Crippen LogP contribution in [0, 0.1) is 0 Å². The van der Waals surface area contributed by atoms with Crippen molar-refractivity contribution < 1.29 is 18.0 Å². The lowest BCUT2D eigenvalue weighted by Crippen LogP contribution is -2.48. The van der Waals surface area contributed by atoms with E-state index in [1.807, 2.05) is 6.92 Å². The summed E-state index contributed by atoms with van der Waals surface area (Å²) < 4.78 is 40.3. The van der Waals surface area contributed by atoms with E-state index in [4.69, 9.17) is 0 Å². The normalized spacial score (nSPS) is 17.9. The van der Waals surface area contributed by atoms with Crippen molar-refractivity contribution in [3.05, 3.63) is 38.7 Å². The second-order valence-electron chi connectivity index (χ2n) is 6.94. The van der Waals surface area contributed by atoms with Gasteiger partial charge in [-0.25, -0.2) is 9.78 Å². The van der Waals surface area contributed by atoms with Gasteiger partial charge in [-0.1, -0.05) is 6.92 Å². The number of aryl methyl sites for hydroxylation is 1. The van der Waals surface area contributed by atoms with E-state index in [9.17, 15) is 27.6 Å². The van der Waals surface area contributed by atoms with Gasteiger partial charge in [0.15, 0.2) is 0 Å². The Labute approximate surface area is 158 Å². The summed E-state index contributed by atoms with van der Waals surface area (Å²) in [6.07, 6.45) is -1.17. The van der Waals surface area contributed by atoms with Gasteiger partial charge in [-0.3, -0.25) is 18.7 Å². The molecule has 0 aliphatic carbocycles. The molecule has 1 atom stereocenters. The van der Waals surface area contributed by atoms with Gasteiger partial charge in [0.2, 0.25) is 5.91 Å². The average molecular weight is 398 g/mol. The number of rotatable bonds is 3. The van der Waals surface area contributed by atoms with Gasteiger partial charge in [0.25, 0.3) is 5.56 Å². The van der Waals surface area contributed by atoms with Crippen LogP contribution in [-0.4, -0.2) is 37.5 Å². The van der Waals surface area contributed by atoms with Crippen molar-refractivity contribution in [1.82, 2.24) is 19.0 Å². The number of alkyl halides is 3. The molecule has 3 rings (SSSR count). The van der Waals surface area contributed by atoms with Gasteiger partial charge in [-0.15, -0.1) is 0 Å². The lowest BCUT2D eigenvalue weighted by molar-refractivity contribution is -0.141. The summed E-state index contributed by atoms with van der Waals surface area (Å²) in [7, 11) is 1.23. The molecule has 2 aromatic heterocycles. The van der Waals surface area contributed by atoms with Gasteiger partial charge in [0.1, 0.15) is 17.9 Å². The number of amides is 1. The van der Waals surface area contributed by atoms with Crippen LogP contribution < -0.4 is 11.2 Å². The smallest absolute Gasteiger partial charge is 0.338 e. The number of likely N-dealkylation sites (tertiary alicyclic amines) is 1. The fourth-order valence-electron chi connectivity index (χ4n) is 3.65. The van der Waals surface area contributed by atoms with Gasteiger partial charge in [-0.05, 0) is 37.8 Å². The number of carbonyl (C=O) groups is 1. The Morgan fingerprint density at radius 3 is 2.61 bits per heavy atom. The number of carbonyl (C=O) groups excluding carboxylic acids is 1. The molecule has 28 heavy (non-hydrogen) atoms. The third-order valence-electron chi connectivity index (χ3n) is 5.19. The van der Waals surface area contributed by atoms with Crippen LogP contribution in [0.15, 0.2) is 21.7 Å². The van der Waals surface area contributed by atoms with Crippen molar-refractivity contribution in [3.8, 4) is 0 Å². The van der Waals surface area contributed by atoms with Crippen molar-refractivity contribution in [2.45, 2.75) is 51.4 Å². The maximum absolute atomic E-state index is 12.9. The number of fused-ring (bicyclic) bond motifs is 1. The first-order valence-electron chi connectivity index (χ1n) is 9.12. The predicted octanol–water partition coefficient (Wildman–Crippen LogP) is 1.91. The molecule has 1 amide bonds. The molecule has 1 fully saturated rings. The summed E-state index contributed by atoms with van der Waals surface area (Å²) in [6.45, 7) is 2.09. The highest BCUT2D eigenvalue weighted by molar-refractivity contribution is 5.78. The largest absolute Gasteiger partial charge is 0.433 e. The number of halogens is 3. The number of hydrogen-bond acceptors (Lipinski definition) is 4. The monoisotopic (exact) mass is 398 g/mol. The number of piperidine rings is 1. The number of hydrogen-bond donors (Lipinski definition) is 0. The first-order chi connectivity index (χ1) is 13.1. The topological polar surface area (TPSA) is 77.2 Å². The molecule has 1 aliphatic rings. The van der Waals surface area contributed by atoms with Crippen LogP contribution in [-0.2, 0) is 24.6 Å². The minimum atomic E-state index is -4.70. The second kappa shape index (κ2) is 7.40. The summed E-state index contributed by atoms with van der Waals surface area (Å²) in [5, 5.41) is -0.145. The van der Waals surface area contributed by atoms with Crippen molar-refractivity contribution in [2.75, 3.05) is 6.54 Å². The Hall–Kier alpha value is -2.65. The lowest BCUT2D eigenvalue weighted by atomic mass is 10.00. The van der Waals surface area contributed by atoms with Crippen LogP contribution in [0.2, 0.25) is 0 Å². The van der Waals surface area contributed by atoms with Crippen molar-refractivity contribution in [3.63, 3.8) is 0 Å². The van der Waals surface area contributed by atoms with Crippen molar-refractivity contribution >= 4 is 16.9 Å². The van der Waals surface area contributed by atoms with Crippen molar-refractivity contribution in [1.29, 1.82) is 0 Å². The van der Waals surface area contributed by atoms with Gasteiger partial charge < -0.3 is 4.90 Å². The van der Waals surface area contributed by atoms with E-state index in [-0.39, 0.29) is 23.0 Å². The zero-order chi connectivity index (χ0) is 20.6. The van der Waals surface area contributed by atoms with E-state index in [0.29, 0.717) is 12.6 Å². The highest BCUT2D eigenvalue weighted by Crippen LogP contribution is 2.28. The maximum Gasteiger partial charge on any atom is 0.433 e. The van der Waals surface area contributed by atoms with Gasteiger partial charge in [-0.2, -0.15) is 13.2 Å². The molecule has 152 valence electrons. The molecule has 1 saturated heterocycles. The van der Waals surface area contributed by atoms with Crippen molar-refractivity contribution in [2.24, 2.45) is 7.05 Å². The Morgan fingerprint density at radius 2 is 1.96 bits per heavy atom. The molecule has 2 aromatic rings. The van der Waals surface area contributed by atoms with Crippen LogP contribution in [0.25, 0.3) is 11.0 Å². The SMILES string of the molecule is CCC1CCCCN1C(=O)Cn1c(=O)c2ccc(C(F)(F)F)nc2n(C)c1=O. The highest BCUT2D eigenvalue weighted by Gasteiger charge is 2.33. The Bertz CT molecular complexity index is 1030. The molecule has 1 unspecified atom stereocenters. The molecule has 7 nitrogen and oxygen atoms in total. The number of aromatic nitrogens is 3. The molecule has 0 N–H and O–H groups in total. The Kier molecular flexibility index (Phi) is 5.31. The minimum Gasteiger partial charge on any atom is -0.338 e. The molecule has 10 heteroatoms. The van der Waals surface area contributed by atoms with Crippen LogP contribution >= 0.6 is 0 Å². The van der Waals surface area contributed by atoms with E-state index in [2.05, 4.69) is 4.98 Å². The van der Waals surface area contributed by atoms with E-state index >= 15 is 0 Å². The third kappa shape index (κ3) is 3.55. The summed E-state index contributed by atoms with van der Waals surface area (Å²) in [4.78, 5) is 43.1. The number of pyridine rings is 1. The third-order valence-corrected chi connectivity index (χ3v) is 5.19. The molecular weight excluding hydrogens is 377 g/mol. The summed E-state index contributed by atoms with van der Waals surface area (Å²) in [5.74, 6) is -0.343. The summed E-state index contributed by atoms with van der Waals surface area (Å²) >= 11 is 0. The molecule has 0 radical (unpaired) electrons. The standard InChI is InChI=1S/C18H21F3N4O3/c1-3-11-6-4-5-9-24(11)14(26)10-25-16(27)12-7-8-13(18(19,20)21)22-15(12)23(2)17(25)28/h7-8,11H,3-6,9-10H2,1-2H3. The first kappa shape index (κ1) is 20.1. The fourth-order valence-corrected chi connectivity index (χ4v) is 3.65. The van der Waals surface area contributed by atoms with Gasteiger partial charge in [0, 0.05) is 19.6 Å². The maximum atomic E-state index is 12.9. The van der Waals surface area contributed by atoms with Gasteiger partial charge in [0.05, 0.1) is 5.39 Å². The molecule has 3 heterocycles. The van der Waals surface area contributed by atoms with Crippen LogP contribution in [0.1, 0.15) is 38.3 Å². The Morgan fingerprint density at radius 1 is 1.25 bits per heavy atom. The van der Waals surface area contributed by atoms with Crippen LogP contribution in [0.4, 0.5) is 13.2 Å². The minimum absolute atomic E-state index is 0.0669. The molecule has 0 aromatic carbocycles. The van der Waals surface area contributed by atoms with E-state index in [1.54, 1.807) is 4.90 Å². The van der Waals surface area contributed by atoms with Crippen LogP contribution in [0.5, 0.6) is 0 Å². The summed E-state index contributed by atoms with van der Waals surface area (Å²) in [6, 6.07) is 1.75. The van der Waals surface area contributed by atoms with E-state index in [1.165, 1.54) is 7.05 Å². The second-order valence-corrected chi connectivity index (χ2v) is 6.94. The zero-order valence-corrected chi connectivity index (χ0v) is 15.6. The van der Waals surface area contributed by atoms with Gasteiger partial charge >= 0.3 is 11.9 Å².